The quantitative estimate of drug-likeness (QED) is 0.816. The molecule has 1 atom stereocenters. The first kappa shape index (κ1) is 9.81. The number of hydrogen-bond donors (Lipinski definition) is 2. The molecule has 2 aromatic rings. The Balaban J connectivity index is 2.21. The van der Waals surface area contributed by atoms with Crippen LogP contribution in [0.1, 0.15) is 30.5 Å². The molecule has 0 radical (unpaired) electrons. The molecular formula is C12H15N3O. The van der Waals surface area contributed by atoms with Crippen LogP contribution in [0.3, 0.4) is 0 Å². The second-order valence-corrected chi connectivity index (χ2v) is 4.39. The van der Waals surface area contributed by atoms with Gasteiger partial charge in [-0.05, 0) is 24.5 Å². The van der Waals surface area contributed by atoms with Crippen LogP contribution in [0.2, 0.25) is 0 Å². The van der Waals surface area contributed by atoms with Crippen molar-refractivity contribution in [3.05, 3.63) is 30.1 Å². The summed E-state index contributed by atoms with van der Waals surface area (Å²) in [6.07, 6.45) is 4.32. The molecule has 3 rings (SSSR count). The second-order valence-electron chi connectivity index (χ2n) is 4.39. The van der Waals surface area contributed by atoms with E-state index in [0.717, 1.165) is 16.6 Å². The van der Waals surface area contributed by atoms with Gasteiger partial charge in [0.05, 0.1) is 30.0 Å². The molecule has 0 bridgehead atoms. The maximum Gasteiger partial charge on any atom is 0.0961 e. The van der Waals surface area contributed by atoms with E-state index in [1.54, 1.807) is 0 Å². The molecule has 84 valence electrons. The van der Waals surface area contributed by atoms with Gasteiger partial charge < -0.3 is 15.4 Å². The average Bonchev–Trinajstić information content (AvgIpc) is 3.07. The van der Waals surface area contributed by atoms with Crippen LogP contribution in [-0.4, -0.2) is 21.3 Å². The van der Waals surface area contributed by atoms with Crippen LogP contribution < -0.4 is 5.73 Å². The van der Waals surface area contributed by atoms with Crippen LogP contribution in [-0.2, 0) is 0 Å². The van der Waals surface area contributed by atoms with E-state index in [2.05, 4.69) is 9.55 Å². The zero-order valence-electron chi connectivity index (χ0n) is 9.00. The molecule has 0 spiro atoms. The van der Waals surface area contributed by atoms with Gasteiger partial charge in [-0.1, -0.05) is 12.1 Å². The van der Waals surface area contributed by atoms with Gasteiger partial charge >= 0.3 is 0 Å². The third-order valence-electron chi connectivity index (χ3n) is 3.16. The Labute approximate surface area is 93.7 Å². The third kappa shape index (κ3) is 1.42. The van der Waals surface area contributed by atoms with Gasteiger partial charge in [0.25, 0.3) is 0 Å². The molecule has 1 heterocycles. The number of rotatable bonds is 3. The first-order chi connectivity index (χ1) is 7.81. The Kier molecular flexibility index (Phi) is 2.19. The Morgan fingerprint density at radius 3 is 3.00 bits per heavy atom. The summed E-state index contributed by atoms with van der Waals surface area (Å²) in [5, 5.41) is 9.18. The molecule has 0 amide bonds. The first-order valence-electron chi connectivity index (χ1n) is 5.63. The number of benzene rings is 1. The molecular weight excluding hydrogens is 202 g/mol. The minimum atomic E-state index is -0.321. The maximum absolute atomic E-state index is 9.18. The minimum Gasteiger partial charge on any atom is -0.394 e. The van der Waals surface area contributed by atoms with Crippen molar-refractivity contribution in [2.75, 3.05) is 6.61 Å². The van der Waals surface area contributed by atoms with Crippen LogP contribution in [0.5, 0.6) is 0 Å². The highest BCUT2D eigenvalue weighted by Crippen LogP contribution is 2.38. The normalized spacial score (nSPS) is 17.9. The lowest BCUT2D eigenvalue weighted by Gasteiger charge is -2.12. The van der Waals surface area contributed by atoms with Crippen molar-refractivity contribution in [2.24, 2.45) is 5.73 Å². The number of imidazole rings is 1. The molecule has 1 aromatic heterocycles. The molecule has 1 aliphatic rings. The highest BCUT2D eigenvalue weighted by Gasteiger charge is 2.26. The van der Waals surface area contributed by atoms with Gasteiger partial charge in [0.2, 0.25) is 0 Å². The largest absolute Gasteiger partial charge is 0.394 e. The highest BCUT2D eigenvalue weighted by molar-refractivity contribution is 5.80. The Bertz CT molecular complexity index is 516. The summed E-state index contributed by atoms with van der Waals surface area (Å²) in [6.45, 7) is -0.0328. The summed E-state index contributed by atoms with van der Waals surface area (Å²) in [4.78, 5) is 4.38. The number of nitrogens with two attached hydrogens (primary N) is 1. The van der Waals surface area contributed by atoms with E-state index in [1.165, 1.54) is 12.8 Å². The van der Waals surface area contributed by atoms with Crippen molar-refractivity contribution in [1.29, 1.82) is 0 Å². The van der Waals surface area contributed by atoms with Crippen LogP contribution in [0, 0.1) is 0 Å². The summed E-state index contributed by atoms with van der Waals surface area (Å²) >= 11 is 0. The monoisotopic (exact) mass is 217 g/mol. The van der Waals surface area contributed by atoms with E-state index in [0.29, 0.717) is 6.04 Å². The lowest BCUT2D eigenvalue weighted by molar-refractivity contribution is 0.268. The van der Waals surface area contributed by atoms with Crippen LogP contribution >= 0.6 is 0 Å². The minimum absolute atomic E-state index is 0.0328. The summed E-state index contributed by atoms with van der Waals surface area (Å²) < 4.78 is 2.19. The highest BCUT2D eigenvalue weighted by atomic mass is 16.3. The Morgan fingerprint density at radius 1 is 1.50 bits per heavy atom. The van der Waals surface area contributed by atoms with Crippen LogP contribution in [0.15, 0.2) is 24.5 Å². The summed E-state index contributed by atoms with van der Waals surface area (Å²) in [7, 11) is 0. The SMILES string of the molecule is NC(CO)c1cccc2ncn(C3CC3)c12. The standard InChI is InChI=1S/C12H15N3O/c13-10(6-16)9-2-1-3-11-12(9)15(7-14-11)8-4-5-8/h1-3,7-8,10,16H,4-6,13H2. The van der Waals surface area contributed by atoms with Gasteiger partial charge in [0, 0.05) is 6.04 Å². The summed E-state index contributed by atoms with van der Waals surface area (Å²) in [5.41, 5.74) is 8.96. The molecule has 4 nitrogen and oxygen atoms in total. The number of nitrogens with zero attached hydrogens (tertiary/aromatic N) is 2. The number of aliphatic hydroxyl groups is 1. The van der Waals surface area contributed by atoms with Gasteiger partial charge in [-0.15, -0.1) is 0 Å². The van der Waals surface area contributed by atoms with E-state index in [9.17, 15) is 5.11 Å². The summed E-state index contributed by atoms with van der Waals surface area (Å²) in [5.74, 6) is 0. The van der Waals surface area contributed by atoms with Crippen molar-refractivity contribution in [1.82, 2.24) is 9.55 Å². The van der Waals surface area contributed by atoms with E-state index >= 15 is 0 Å². The molecule has 4 heteroatoms. The Hall–Kier alpha value is -1.39. The number of fused-ring (bicyclic) bond motifs is 1. The number of para-hydroxylation sites is 1. The molecule has 3 N–H and O–H groups in total. The topological polar surface area (TPSA) is 64.1 Å². The van der Waals surface area contributed by atoms with Crippen molar-refractivity contribution in [3.63, 3.8) is 0 Å². The van der Waals surface area contributed by atoms with E-state index in [1.807, 2.05) is 24.5 Å². The smallest absolute Gasteiger partial charge is 0.0961 e. The predicted octanol–water partition coefficient (Wildman–Crippen LogP) is 1.36. The molecule has 1 aliphatic carbocycles. The molecule has 1 saturated carbocycles. The van der Waals surface area contributed by atoms with E-state index < -0.39 is 0 Å². The number of aliphatic hydroxyl groups excluding tert-OH is 1. The van der Waals surface area contributed by atoms with Gasteiger partial charge in [-0.2, -0.15) is 0 Å². The molecule has 1 unspecified atom stereocenters. The molecule has 0 saturated heterocycles. The van der Waals surface area contributed by atoms with Crippen LogP contribution in [0.25, 0.3) is 11.0 Å². The predicted molar refractivity (Wildman–Crippen MR) is 62.0 cm³/mol. The third-order valence-corrected chi connectivity index (χ3v) is 3.16. The van der Waals surface area contributed by atoms with Crippen molar-refractivity contribution in [3.8, 4) is 0 Å². The fourth-order valence-electron chi connectivity index (χ4n) is 2.14. The van der Waals surface area contributed by atoms with Crippen molar-refractivity contribution < 1.29 is 5.11 Å². The Morgan fingerprint density at radius 2 is 2.31 bits per heavy atom. The summed E-state index contributed by atoms with van der Waals surface area (Å²) in [6, 6.07) is 6.16. The fourth-order valence-corrected chi connectivity index (χ4v) is 2.14. The second kappa shape index (κ2) is 3.57. The van der Waals surface area contributed by atoms with Crippen molar-refractivity contribution >= 4 is 11.0 Å². The zero-order chi connectivity index (χ0) is 11.1. The average molecular weight is 217 g/mol. The lowest BCUT2D eigenvalue weighted by Crippen LogP contribution is -2.15. The molecule has 16 heavy (non-hydrogen) atoms. The first-order valence-corrected chi connectivity index (χ1v) is 5.63. The number of aromatic nitrogens is 2. The zero-order valence-corrected chi connectivity index (χ0v) is 9.00. The van der Waals surface area contributed by atoms with Gasteiger partial charge in [0.15, 0.2) is 0 Å². The van der Waals surface area contributed by atoms with Gasteiger partial charge in [-0.25, -0.2) is 4.98 Å². The van der Waals surface area contributed by atoms with E-state index in [4.69, 9.17) is 5.73 Å². The molecule has 1 fully saturated rings. The molecule has 0 aliphatic heterocycles. The van der Waals surface area contributed by atoms with E-state index in [-0.39, 0.29) is 12.6 Å². The van der Waals surface area contributed by atoms with Gasteiger partial charge in [0.1, 0.15) is 0 Å². The number of hydrogen-bond acceptors (Lipinski definition) is 3. The van der Waals surface area contributed by atoms with Crippen molar-refractivity contribution in [2.45, 2.75) is 24.9 Å². The fraction of sp³-hybridized carbons (Fsp3) is 0.417. The van der Waals surface area contributed by atoms with Gasteiger partial charge in [-0.3, -0.25) is 0 Å². The molecule has 1 aromatic carbocycles. The maximum atomic E-state index is 9.18. The lowest BCUT2D eigenvalue weighted by atomic mass is 10.1. The van der Waals surface area contributed by atoms with Crippen LogP contribution in [0.4, 0.5) is 0 Å².